The molecule has 0 aliphatic carbocycles. The van der Waals surface area contributed by atoms with Crippen molar-refractivity contribution >= 4 is 27.0 Å². The lowest BCUT2D eigenvalue weighted by Gasteiger charge is -2.09. The first-order valence-corrected chi connectivity index (χ1v) is 15.3. The first kappa shape index (κ1) is 29.4. The Bertz CT molecular complexity index is 1470. The van der Waals surface area contributed by atoms with Gasteiger partial charge in [-0.15, -0.1) is 0 Å². The van der Waals surface area contributed by atoms with E-state index in [0.717, 1.165) is 36.8 Å². The maximum atomic E-state index is 13.5. The summed E-state index contributed by atoms with van der Waals surface area (Å²) in [6.07, 6.45) is 13.8. The molecule has 0 amide bonds. The van der Waals surface area contributed by atoms with Crippen molar-refractivity contribution in [1.82, 2.24) is 3.97 Å². The topological polar surface area (TPSA) is 66.8 Å². The molecule has 7 heteroatoms. The van der Waals surface area contributed by atoms with Crippen LogP contribution in [0.5, 0.6) is 11.5 Å². The number of fused-ring (bicyclic) bond motifs is 1. The van der Waals surface area contributed by atoms with Crippen LogP contribution in [0.3, 0.4) is 0 Å². The van der Waals surface area contributed by atoms with Crippen LogP contribution in [-0.2, 0) is 21.4 Å². The third kappa shape index (κ3) is 7.77. The van der Waals surface area contributed by atoms with E-state index in [4.69, 9.17) is 14.2 Å². The average molecular weight is 562 g/mol. The van der Waals surface area contributed by atoms with Crippen LogP contribution in [0.2, 0.25) is 0 Å². The summed E-state index contributed by atoms with van der Waals surface area (Å²) in [5.41, 5.74) is 2.67. The van der Waals surface area contributed by atoms with E-state index in [1.807, 2.05) is 36.4 Å². The van der Waals surface area contributed by atoms with Crippen LogP contribution in [-0.4, -0.2) is 33.2 Å². The number of hydrogen-bond donors (Lipinski definition) is 0. The third-order valence-corrected chi connectivity index (χ3v) is 8.63. The van der Waals surface area contributed by atoms with Gasteiger partial charge in [-0.1, -0.05) is 68.2 Å². The number of benzene rings is 3. The molecule has 3 aromatic carbocycles. The van der Waals surface area contributed by atoms with Crippen molar-refractivity contribution in [3.8, 4) is 11.5 Å². The number of aromatic nitrogens is 1. The Balaban J connectivity index is 1.28. The fourth-order valence-corrected chi connectivity index (χ4v) is 6.04. The van der Waals surface area contributed by atoms with E-state index < -0.39 is 10.0 Å². The molecular formula is C33H39NO5S. The summed E-state index contributed by atoms with van der Waals surface area (Å²) >= 11 is 0. The largest absolute Gasteiger partial charge is 0.497 e. The minimum Gasteiger partial charge on any atom is -0.497 e. The van der Waals surface area contributed by atoms with Crippen molar-refractivity contribution in [1.29, 1.82) is 0 Å². The summed E-state index contributed by atoms with van der Waals surface area (Å²) < 4.78 is 44.7. The Kier molecular flexibility index (Phi) is 10.8. The van der Waals surface area contributed by atoms with Crippen molar-refractivity contribution in [3.63, 3.8) is 0 Å². The van der Waals surface area contributed by atoms with E-state index in [-0.39, 0.29) is 4.90 Å². The van der Waals surface area contributed by atoms with Gasteiger partial charge in [0.25, 0.3) is 10.0 Å². The molecule has 0 saturated carbocycles. The Morgan fingerprint density at radius 2 is 1.45 bits per heavy atom. The van der Waals surface area contributed by atoms with Crippen molar-refractivity contribution < 1.29 is 22.6 Å². The van der Waals surface area contributed by atoms with Crippen molar-refractivity contribution in [2.45, 2.75) is 56.4 Å². The van der Waals surface area contributed by atoms with Gasteiger partial charge in [0, 0.05) is 29.8 Å². The molecule has 4 rings (SSSR count). The quantitative estimate of drug-likeness (QED) is 0.130. The molecule has 1 heterocycles. The zero-order valence-electron chi connectivity index (χ0n) is 23.4. The second kappa shape index (κ2) is 14.7. The first-order valence-electron chi connectivity index (χ1n) is 13.9. The number of nitrogens with zero attached hydrogens (tertiary/aromatic N) is 1. The second-order valence-corrected chi connectivity index (χ2v) is 11.6. The van der Waals surface area contributed by atoms with Gasteiger partial charge >= 0.3 is 0 Å². The third-order valence-electron chi connectivity index (χ3n) is 6.94. The highest BCUT2D eigenvalue weighted by molar-refractivity contribution is 7.90. The van der Waals surface area contributed by atoms with Crippen molar-refractivity contribution in [2.24, 2.45) is 0 Å². The zero-order chi connectivity index (χ0) is 28.2. The number of rotatable bonds is 16. The van der Waals surface area contributed by atoms with Gasteiger partial charge in [-0.25, -0.2) is 12.4 Å². The fraction of sp³-hybridized carbons (Fsp3) is 0.333. The van der Waals surface area contributed by atoms with E-state index in [1.165, 1.54) is 35.2 Å². The molecule has 212 valence electrons. The molecule has 0 bridgehead atoms. The Morgan fingerprint density at radius 1 is 0.775 bits per heavy atom. The van der Waals surface area contributed by atoms with E-state index in [2.05, 4.69) is 18.2 Å². The number of ether oxygens (including phenoxy) is 3. The maximum Gasteiger partial charge on any atom is 0.268 e. The van der Waals surface area contributed by atoms with Gasteiger partial charge in [-0.2, -0.15) is 0 Å². The normalized spacial score (nSPS) is 11.8. The van der Waals surface area contributed by atoms with Gasteiger partial charge in [0.2, 0.25) is 0 Å². The average Bonchev–Trinajstić information content (AvgIpc) is 3.36. The molecule has 0 atom stereocenters. The lowest BCUT2D eigenvalue weighted by molar-refractivity contribution is 0.116. The number of unbranched alkanes of at least 4 members (excludes halogenated alkanes) is 6. The molecule has 0 saturated heterocycles. The lowest BCUT2D eigenvalue weighted by atomic mass is 10.1. The summed E-state index contributed by atoms with van der Waals surface area (Å²) in [7, 11) is -0.670. The smallest absolute Gasteiger partial charge is 0.268 e. The monoisotopic (exact) mass is 561 g/mol. The summed E-state index contributed by atoms with van der Waals surface area (Å²) in [5.74, 6) is 1.21. The standard InChI is InChI=1S/C33H39NO5S/c1-37-29-17-20-31(21-18-29)40(35,36)34-25-28(32-22-19-30(38-2)24-33(32)34)16-12-7-5-3-4-6-8-13-23-39-26-27-14-10-9-11-15-27/h9-12,14-22,24-25H,3-8,13,23,26H2,1-2H3. The minimum atomic E-state index is -3.80. The molecule has 0 N–H and O–H groups in total. The Morgan fingerprint density at radius 3 is 2.17 bits per heavy atom. The van der Waals surface area contributed by atoms with Gasteiger partial charge in [0.15, 0.2) is 0 Å². The zero-order valence-corrected chi connectivity index (χ0v) is 24.2. The predicted molar refractivity (Wildman–Crippen MR) is 162 cm³/mol. The maximum absolute atomic E-state index is 13.5. The van der Waals surface area contributed by atoms with Gasteiger partial charge in [-0.05, 0) is 61.2 Å². The molecule has 0 radical (unpaired) electrons. The van der Waals surface area contributed by atoms with Crippen LogP contribution in [0.1, 0.15) is 56.1 Å². The van der Waals surface area contributed by atoms with E-state index in [1.54, 1.807) is 50.7 Å². The molecule has 6 nitrogen and oxygen atoms in total. The number of methoxy groups -OCH3 is 2. The van der Waals surface area contributed by atoms with E-state index in [9.17, 15) is 8.42 Å². The molecule has 4 aromatic rings. The Labute approximate surface area is 238 Å². The molecule has 40 heavy (non-hydrogen) atoms. The molecule has 0 spiro atoms. The molecule has 0 aliphatic heterocycles. The first-order chi connectivity index (χ1) is 19.5. The second-order valence-electron chi connectivity index (χ2n) is 9.79. The molecule has 1 aromatic heterocycles. The van der Waals surface area contributed by atoms with Gasteiger partial charge in [0.1, 0.15) is 11.5 Å². The van der Waals surface area contributed by atoms with Gasteiger partial charge in [0.05, 0.1) is 31.2 Å². The summed E-state index contributed by atoms with van der Waals surface area (Å²) in [4.78, 5) is 0.200. The van der Waals surface area contributed by atoms with Gasteiger partial charge < -0.3 is 14.2 Å². The highest BCUT2D eigenvalue weighted by Gasteiger charge is 2.21. The molecule has 0 fully saturated rings. The molecule has 0 aliphatic rings. The van der Waals surface area contributed by atoms with E-state index in [0.29, 0.717) is 23.6 Å². The summed E-state index contributed by atoms with van der Waals surface area (Å²) in [6, 6.07) is 22.3. The molecular weight excluding hydrogens is 522 g/mol. The SMILES string of the molecule is COc1ccc(S(=O)(=O)n2cc(C=CCCCCCCCCOCc3ccccc3)c3ccc(OC)cc32)cc1. The van der Waals surface area contributed by atoms with Crippen molar-refractivity contribution in [2.75, 3.05) is 20.8 Å². The van der Waals surface area contributed by atoms with Crippen molar-refractivity contribution in [3.05, 3.63) is 96.2 Å². The number of allylic oxidation sites excluding steroid dienone is 1. The predicted octanol–water partition coefficient (Wildman–Crippen LogP) is 7.86. The van der Waals surface area contributed by atoms with Crippen LogP contribution >= 0.6 is 0 Å². The lowest BCUT2D eigenvalue weighted by Crippen LogP contribution is -2.11. The van der Waals surface area contributed by atoms with Crippen LogP contribution in [0, 0.1) is 0 Å². The van der Waals surface area contributed by atoms with E-state index >= 15 is 0 Å². The highest BCUT2D eigenvalue weighted by Crippen LogP contribution is 2.30. The Hall–Kier alpha value is -3.55. The summed E-state index contributed by atoms with van der Waals surface area (Å²) in [5, 5.41) is 0.864. The van der Waals surface area contributed by atoms with Crippen LogP contribution in [0.4, 0.5) is 0 Å². The van der Waals surface area contributed by atoms with Crippen LogP contribution < -0.4 is 9.47 Å². The number of hydrogen-bond acceptors (Lipinski definition) is 5. The van der Waals surface area contributed by atoms with Crippen LogP contribution in [0.15, 0.2) is 90.0 Å². The summed E-state index contributed by atoms with van der Waals surface area (Å²) in [6.45, 7) is 1.50. The fourth-order valence-electron chi connectivity index (χ4n) is 4.67. The minimum absolute atomic E-state index is 0.200. The molecule has 0 unspecified atom stereocenters. The highest BCUT2D eigenvalue weighted by atomic mass is 32.2. The van der Waals surface area contributed by atoms with Gasteiger partial charge in [-0.3, -0.25) is 0 Å². The van der Waals surface area contributed by atoms with Crippen LogP contribution in [0.25, 0.3) is 17.0 Å².